The van der Waals surface area contributed by atoms with Crippen LogP contribution >= 0.6 is 0 Å². The molecule has 0 spiro atoms. The van der Waals surface area contributed by atoms with Crippen LogP contribution in [0.1, 0.15) is 322 Å². The molecule has 0 aromatic rings. The maximum Gasteiger partial charge on any atom is 0.408 e. The summed E-state index contributed by atoms with van der Waals surface area (Å²) in [5, 5.41) is 94.4. The maximum absolute atomic E-state index is 13.4. The number of allylic oxidation sites excluding steroid dienone is 3. The summed E-state index contributed by atoms with van der Waals surface area (Å²) in [4.78, 5) is 215. The van der Waals surface area contributed by atoms with Crippen molar-refractivity contribution < 1.29 is 198 Å². The molecule has 3 saturated heterocycles. The first kappa shape index (κ1) is 127. The van der Waals surface area contributed by atoms with E-state index in [2.05, 4.69) is 31.4 Å². The summed E-state index contributed by atoms with van der Waals surface area (Å²) in [6.45, 7) is 39.6. The second-order valence-electron chi connectivity index (χ2n) is 42.8. The third kappa shape index (κ3) is 29.0. The molecular weight excluding hydrogens is 1970 g/mol. The lowest BCUT2D eigenvalue weighted by Gasteiger charge is -2.41. The zero-order valence-corrected chi connectivity index (χ0v) is 91.5. The standard InChI is InChI=1S/C37H55NO14.C32H47NO12.C30H44O11.C7H13NO4/c1-11-13-14-15-16-17-24(40)48-29-27-26(21(4)28(29)49-31(42)20(3)12-2)30-37(46,36(10,45)32(43)50-30)23(18-35(27,9)51-22(5)39)47-25(41)19-38-33(44)52-34(6,7)8;1-8-10-11-12-13-14-21(35)42-26-24-23(18(4)25(26)43-28(37)17(3)9-2)27-32(40,31(7,39)29(38)44-27)20(41-22(36)16-33)15-30(24,6)45-19(5)34;1-8-10-11-12-13-14-20(33)38-24-22-21(17(4)23(24)39-26(34)16(3)9-2)25-30(37,29(7,36)27(35)40-25)19(32)15-28(22,6)41-18(5)31;1-7(2,3)12-6(11)8-4-5(9)10/h12,23,27-30,45-46H,11,13-19H2,1-10H3,(H,38,44);9,20,24-27,39-40H,8,10-16,33H2,1-7H3;9,19,22-25,32,36-37H,8,10-15H2,1-7H3;4H2,1-3H3,(H,8,11)(H,9,10)/b20-12-;17-9-;16-9-;/t23-,27+,28-,29-,30-,35-,36+,37+;20-,24+,25-,26-,27-,30-,31+,32+;19-,22+,23-,24-,25-,28-,29+,30+;/m000./s1. The number of aliphatic carboxylic acids is 1. The molecule has 0 bridgehead atoms. The normalized spacial score (nSPS) is 32.1. The van der Waals surface area contributed by atoms with E-state index in [9.17, 15) is 117 Å². The smallest absolute Gasteiger partial charge is 0.408 e. The maximum atomic E-state index is 13.4. The highest BCUT2D eigenvalue weighted by Gasteiger charge is 2.80. The van der Waals surface area contributed by atoms with E-state index in [1.807, 2.05) is 0 Å². The van der Waals surface area contributed by atoms with Gasteiger partial charge >= 0.3 is 102 Å². The molecular formula is C106H159N3O41. The number of esters is 14. The number of ether oxygens (including phenoxy) is 16. The van der Waals surface area contributed by atoms with Gasteiger partial charge in [0.15, 0.2) is 88.5 Å². The van der Waals surface area contributed by atoms with Crippen molar-refractivity contribution in [1.29, 1.82) is 0 Å². The molecule has 6 aliphatic carbocycles. The number of alkyl carbamates (subject to hydrolysis) is 2. The summed E-state index contributed by atoms with van der Waals surface area (Å²) in [6, 6.07) is 0. The number of hydrogen-bond acceptors (Lipinski definition) is 41. The Balaban J connectivity index is 0.000000326. The second kappa shape index (κ2) is 51.9. The molecule has 0 radical (unpaired) electrons. The summed E-state index contributed by atoms with van der Waals surface area (Å²) in [5.41, 5.74) is -15.0. The Morgan fingerprint density at radius 2 is 0.653 bits per heavy atom. The molecule has 2 amide bonds. The number of rotatable bonds is 37. The number of nitrogens with two attached hydrogens (primary N) is 1. The van der Waals surface area contributed by atoms with Gasteiger partial charge in [-0.05, 0) is 198 Å². The molecule has 0 aromatic heterocycles. The molecule has 6 fully saturated rings. The molecule has 44 nitrogen and oxygen atoms in total. The van der Waals surface area contributed by atoms with Crippen LogP contribution in [0.2, 0.25) is 0 Å². The van der Waals surface area contributed by atoms with Gasteiger partial charge in [-0.1, -0.05) is 116 Å². The minimum atomic E-state index is -2.73. The molecule has 0 aromatic carbocycles. The van der Waals surface area contributed by atoms with E-state index in [1.165, 1.54) is 47.6 Å². The van der Waals surface area contributed by atoms with Crippen LogP contribution in [-0.4, -0.2) is 297 Å². The number of carbonyl (C=O) groups excluding carboxylic acids is 16. The van der Waals surface area contributed by atoms with E-state index < -0.39 is 293 Å². The number of aliphatic hydroxyl groups is 7. The van der Waals surface area contributed by atoms with Crippen LogP contribution in [0, 0.1) is 17.8 Å². The van der Waals surface area contributed by atoms with Crippen LogP contribution in [0.3, 0.4) is 0 Å². The highest BCUT2D eigenvalue weighted by molar-refractivity contribution is 5.91. The number of carboxylic acids is 1. The molecule has 12 N–H and O–H groups in total. The Morgan fingerprint density at radius 1 is 0.387 bits per heavy atom. The first-order valence-corrected chi connectivity index (χ1v) is 51.1. The molecule has 3 heterocycles. The van der Waals surface area contributed by atoms with Crippen molar-refractivity contribution in [2.75, 3.05) is 19.6 Å². The Labute approximate surface area is 874 Å². The number of carboxylic acid groups (broad SMARTS) is 1. The predicted molar refractivity (Wildman–Crippen MR) is 528 cm³/mol. The first-order valence-electron chi connectivity index (χ1n) is 51.1. The third-order valence-corrected chi connectivity index (χ3v) is 28.7. The SMILES string of the molecule is C/C=C(/C)C(=O)O[C@H]1C(C)=C2[C@H]([C@@H]1OC(=O)CCCCCCC)[C@@](C)(OC(C)=O)C[C@H](O)[C@@]1(O)[C@H]2OC(=O)[C@@]1(C)O.C/C=C(/C)C(=O)O[C@H]1C(C)=C2[C@H]([C@@H]1OC(=O)CCCCCCC)[C@@](C)(OC(C)=O)C[C@H](OC(=O)CN)[C@@]1(O)[C@H]2OC(=O)[C@@]1(C)O.C/C=C(/C)C(=O)O[C@H]1C(C)=C2[C@H]([C@@H]1OC(=O)CCCCCCC)[C@@](C)(OC(C)=O)C[C@H](OC(=O)CNC(=O)OC(C)(C)C)[C@@]1(O)[C@H]2OC(=O)[C@@]1(C)O.CC(C)(C)OC(=O)NCC(=O)O. The summed E-state index contributed by atoms with van der Waals surface area (Å²) in [7, 11) is 0. The molecule has 844 valence electrons. The van der Waals surface area contributed by atoms with E-state index in [4.69, 9.17) is 86.6 Å². The highest BCUT2D eigenvalue weighted by atomic mass is 16.7. The van der Waals surface area contributed by atoms with Gasteiger partial charge in [-0.2, -0.15) is 0 Å². The van der Waals surface area contributed by atoms with Crippen molar-refractivity contribution in [3.05, 3.63) is 68.4 Å². The Kier molecular flexibility index (Phi) is 44.1. The van der Waals surface area contributed by atoms with E-state index in [0.29, 0.717) is 24.8 Å². The number of amides is 2. The molecule has 3 saturated carbocycles. The Hall–Kier alpha value is -11.3. The fraction of sp³-hybridized carbons (Fsp3) is 0.726. The minimum Gasteiger partial charge on any atom is -0.480 e. The van der Waals surface area contributed by atoms with Gasteiger partial charge < -0.3 is 133 Å². The van der Waals surface area contributed by atoms with Gasteiger partial charge in [0.1, 0.15) is 53.3 Å². The lowest BCUT2D eigenvalue weighted by atomic mass is 9.75. The molecule has 9 rings (SSSR count). The highest BCUT2D eigenvalue weighted by Crippen LogP contribution is 2.62. The van der Waals surface area contributed by atoms with E-state index in [0.717, 1.165) is 112 Å². The Bertz CT molecular complexity index is 5180. The number of nitrogens with one attached hydrogen (secondary N) is 2. The fourth-order valence-electron chi connectivity index (χ4n) is 20.7. The van der Waals surface area contributed by atoms with Crippen LogP contribution in [0.25, 0.3) is 0 Å². The molecule has 0 unspecified atom stereocenters. The first-order chi connectivity index (χ1) is 69.4. The summed E-state index contributed by atoms with van der Waals surface area (Å²) < 4.78 is 91.2. The topological polar surface area (TPSA) is 650 Å². The van der Waals surface area contributed by atoms with Crippen molar-refractivity contribution >= 4 is 102 Å². The Morgan fingerprint density at radius 3 is 0.920 bits per heavy atom. The lowest BCUT2D eigenvalue weighted by Crippen LogP contribution is -2.64. The summed E-state index contributed by atoms with van der Waals surface area (Å²) in [5.74, 6) is -16.5. The van der Waals surface area contributed by atoms with E-state index >= 15 is 0 Å². The molecule has 9 aliphatic rings. The van der Waals surface area contributed by atoms with Gasteiger partial charge in [0.2, 0.25) is 0 Å². The monoisotopic (exact) mass is 2130 g/mol. The molecule has 44 heteroatoms. The van der Waals surface area contributed by atoms with E-state index in [1.54, 1.807) is 102 Å². The van der Waals surface area contributed by atoms with Crippen LogP contribution in [0.4, 0.5) is 9.59 Å². The number of unbranched alkanes of at least 4 members (excludes halogenated alkanes) is 12. The summed E-state index contributed by atoms with van der Waals surface area (Å²) in [6.07, 6.45) is -3.25. The number of carbonyl (C=O) groups is 17. The van der Waals surface area contributed by atoms with Gasteiger partial charge in [0, 0.05) is 76.0 Å². The number of hydrogen-bond donors (Lipinski definition) is 11. The van der Waals surface area contributed by atoms with Crippen molar-refractivity contribution in [3.63, 3.8) is 0 Å². The van der Waals surface area contributed by atoms with Crippen LogP contribution in [-0.2, 0) is 148 Å². The quantitative estimate of drug-likeness (QED) is 0.00908. The van der Waals surface area contributed by atoms with Crippen molar-refractivity contribution in [2.45, 2.75) is 457 Å². The molecule has 150 heavy (non-hydrogen) atoms. The van der Waals surface area contributed by atoms with Crippen molar-refractivity contribution in [2.24, 2.45) is 23.5 Å². The predicted octanol–water partition coefficient (Wildman–Crippen LogP) is 8.91. The van der Waals surface area contributed by atoms with Crippen molar-refractivity contribution in [1.82, 2.24) is 10.6 Å². The molecule has 24 atom stereocenters. The summed E-state index contributed by atoms with van der Waals surface area (Å²) >= 11 is 0. The zero-order chi connectivity index (χ0) is 114. The second-order valence-corrected chi connectivity index (χ2v) is 42.8. The van der Waals surface area contributed by atoms with Gasteiger partial charge in [-0.3, -0.25) is 43.2 Å². The molecule has 3 aliphatic heterocycles. The van der Waals surface area contributed by atoms with Crippen LogP contribution in [0.15, 0.2) is 68.4 Å². The largest absolute Gasteiger partial charge is 0.480 e. The fourth-order valence-corrected chi connectivity index (χ4v) is 20.7. The van der Waals surface area contributed by atoms with Crippen LogP contribution in [0.5, 0.6) is 0 Å². The van der Waals surface area contributed by atoms with Crippen LogP contribution < -0.4 is 16.4 Å². The average molecular weight is 2130 g/mol. The van der Waals surface area contributed by atoms with Gasteiger partial charge in [-0.15, -0.1) is 0 Å². The lowest BCUT2D eigenvalue weighted by molar-refractivity contribution is -0.212. The van der Waals surface area contributed by atoms with Gasteiger partial charge in [0.25, 0.3) is 0 Å². The van der Waals surface area contributed by atoms with Gasteiger partial charge in [0.05, 0.1) is 30.4 Å². The number of fused-ring (bicyclic) bond motifs is 9. The minimum absolute atomic E-state index is 0.0299. The third-order valence-electron chi connectivity index (χ3n) is 28.7. The zero-order valence-electron chi connectivity index (χ0n) is 91.5. The van der Waals surface area contributed by atoms with E-state index in [-0.39, 0.29) is 63.8 Å². The number of aliphatic hydroxyl groups excluding tert-OH is 1. The average Bonchev–Trinajstić information content (AvgIpc) is 1.53. The van der Waals surface area contributed by atoms with Gasteiger partial charge in [-0.25, -0.2) is 38.4 Å². The van der Waals surface area contributed by atoms with Crippen molar-refractivity contribution in [3.8, 4) is 0 Å².